The van der Waals surface area contributed by atoms with Crippen LogP contribution in [0.3, 0.4) is 0 Å². The van der Waals surface area contributed by atoms with Crippen molar-refractivity contribution in [2.45, 2.75) is 6.92 Å². The number of rotatable bonds is 3. The summed E-state index contributed by atoms with van der Waals surface area (Å²) in [5, 5.41) is 9.56. The molecular weight excluding hydrogens is 240 g/mol. The molecule has 0 aliphatic rings. The fourth-order valence-corrected chi connectivity index (χ4v) is 2.24. The molecule has 2 rings (SSSR count). The van der Waals surface area contributed by atoms with Gasteiger partial charge in [-0.3, -0.25) is 0 Å². The summed E-state index contributed by atoms with van der Waals surface area (Å²) in [5.41, 5.74) is 0.882. The molecule has 0 aromatic carbocycles. The van der Waals surface area contributed by atoms with Crippen LogP contribution in [0.2, 0.25) is 0 Å². The van der Waals surface area contributed by atoms with Gasteiger partial charge in [0, 0.05) is 22.7 Å². The van der Waals surface area contributed by atoms with Crippen LogP contribution in [0.25, 0.3) is 10.6 Å². The number of methoxy groups -OCH3 is 1. The summed E-state index contributed by atoms with van der Waals surface area (Å²) in [7, 11) is 1.54. The van der Waals surface area contributed by atoms with E-state index in [4.69, 9.17) is 9.84 Å². The summed E-state index contributed by atoms with van der Waals surface area (Å²) < 4.78 is 4.95. The third kappa shape index (κ3) is 2.26. The molecule has 17 heavy (non-hydrogen) atoms. The molecule has 0 bridgehead atoms. The van der Waals surface area contributed by atoms with E-state index in [0.717, 1.165) is 5.56 Å². The average molecular weight is 250 g/mol. The van der Waals surface area contributed by atoms with Gasteiger partial charge in [0.05, 0.1) is 7.11 Å². The summed E-state index contributed by atoms with van der Waals surface area (Å²) in [6.07, 6.45) is 1.61. The van der Waals surface area contributed by atoms with Gasteiger partial charge in [-0.1, -0.05) is 0 Å². The minimum absolute atomic E-state index is 0.0980. The van der Waals surface area contributed by atoms with Gasteiger partial charge in [-0.15, -0.1) is 11.3 Å². The minimum Gasteiger partial charge on any atom is -0.481 e. The third-order valence-corrected chi connectivity index (χ3v) is 3.21. The van der Waals surface area contributed by atoms with E-state index in [0.29, 0.717) is 15.8 Å². The lowest BCUT2D eigenvalue weighted by atomic mass is 10.3. The van der Waals surface area contributed by atoms with Gasteiger partial charge in [-0.05, 0) is 13.0 Å². The molecule has 0 aliphatic carbocycles. The quantitative estimate of drug-likeness (QED) is 0.904. The Kier molecular flexibility index (Phi) is 3.06. The van der Waals surface area contributed by atoms with Crippen LogP contribution in [0.4, 0.5) is 0 Å². The Morgan fingerprint density at radius 2 is 2.24 bits per heavy atom. The van der Waals surface area contributed by atoms with Gasteiger partial charge in [0.1, 0.15) is 5.01 Å². The van der Waals surface area contributed by atoms with E-state index >= 15 is 0 Å². The van der Waals surface area contributed by atoms with Crippen molar-refractivity contribution >= 4 is 17.3 Å². The topological polar surface area (TPSA) is 72.3 Å². The number of aryl methyl sites for hydroxylation is 1. The predicted molar refractivity (Wildman–Crippen MR) is 63.6 cm³/mol. The zero-order valence-corrected chi connectivity index (χ0v) is 10.1. The molecule has 0 spiro atoms. The van der Waals surface area contributed by atoms with Crippen LogP contribution in [-0.2, 0) is 0 Å². The van der Waals surface area contributed by atoms with Crippen LogP contribution in [-0.4, -0.2) is 28.2 Å². The molecule has 1 N–H and O–H groups in total. The number of ether oxygens (including phenoxy) is 1. The molecule has 0 atom stereocenters. The van der Waals surface area contributed by atoms with Crippen molar-refractivity contribution in [1.82, 2.24) is 9.97 Å². The predicted octanol–water partition coefficient (Wildman–Crippen LogP) is 2.22. The van der Waals surface area contributed by atoms with E-state index in [9.17, 15) is 4.79 Å². The molecule has 0 saturated carbocycles. The Morgan fingerprint density at radius 3 is 2.71 bits per heavy atom. The van der Waals surface area contributed by atoms with Crippen LogP contribution in [0, 0.1) is 6.92 Å². The van der Waals surface area contributed by atoms with Crippen LogP contribution in [0.5, 0.6) is 5.88 Å². The Balaban J connectivity index is 2.39. The number of carboxylic acid groups (broad SMARTS) is 1. The molecule has 0 amide bonds. The number of aromatic nitrogens is 2. The van der Waals surface area contributed by atoms with E-state index < -0.39 is 5.97 Å². The van der Waals surface area contributed by atoms with E-state index in [1.807, 2.05) is 0 Å². The van der Waals surface area contributed by atoms with Crippen LogP contribution < -0.4 is 4.74 Å². The normalized spacial score (nSPS) is 10.2. The molecule has 0 fully saturated rings. The van der Waals surface area contributed by atoms with Crippen LogP contribution >= 0.6 is 11.3 Å². The van der Waals surface area contributed by atoms with Crippen molar-refractivity contribution in [3.8, 4) is 16.5 Å². The summed E-state index contributed by atoms with van der Waals surface area (Å²) >= 11 is 1.34. The first-order valence-corrected chi connectivity index (χ1v) is 5.64. The van der Waals surface area contributed by atoms with E-state index in [-0.39, 0.29) is 5.69 Å². The molecule has 0 unspecified atom stereocenters. The molecule has 0 aliphatic heterocycles. The van der Waals surface area contributed by atoms with Gasteiger partial charge in [0.25, 0.3) is 0 Å². The highest BCUT2D eigenvalue weighted by molar-refractivity contribution is 7.15. The highest BCUT2D eigenvalue weighted by Crippen LogP contribution is 2.27. The van der Waals surface area contributed by atoms with Gasteiger partial charge in [-0.2, -0.15) is 0 Å². The Labute approximate surface area is 102 Å². The van der Waals surface area contributed by atoms with E-state index in [1.54, 1.807) is 25.3 Å². The number of carbonyl (C=O) groups is 1. The molecule has 88 valence electrons. The lowest BCUT2D eigenvalue weighted by Crippen LogP contribution is -1.98. The van der Waals surface area contributed by atoms with E-state index in [2.05, 4.69) is 9.97 Å². The van der Waals surface area contributed by atoms with Crippen molar-refractivity contribution in [3.05, 3.63) is 28.9 Å². The monoisotopic (exact) mass is 250 g/mol. The second kappa shape index (κ2) is 4.50. The number of pyridine rings is 1. The van der Waals surface area contributed by atoms with Gasteiger partial charge in [-0.25, -0.2) is 14.8 Å². The number of nitrogens with zero attached hydrogens (tertiary/aromatic N) is 2. The first kappa shape index (κ1) is 11.5. The van der Waals surface area contributed by atoms with Gasteiger partial charge >= 0.3 is 5.97 Å². The lowest BCUT2D eigenvalue weighted by Gasteiger charge is -1.98. The fraction of sp³-hybridized carbons (Fsp3) is 0.182. The fourth-order valence-electron chi connectivity index (χ4n) is 1.35. The third-order valence-electron chi connectivity index (χ3n) is 2.19. The first-order chi connectivity index (χ1) is 8.11. The maximum Gasteiger partial charge on any atom is 0.355 e. The maximum atomic E-state index is 10.9. The summed E-state index contributed by atoms with van der Waals surface area (Å²) in [6, 6.07) is 3.52. The van der Waals surface area contributed by atoms with Crippen molar-refractivity contribution in [2.75, 3.05) is 7.11 Å². The standard InChI is InChI=1S/C11H10N2O3S/c1-6-9(11(14)15)13-10(17-6)7-3-4-8(16-2)12-5-7/h3-5H,1-2H3,(H,14,15). The van der Waals surface area contributed by atoms with E-state index in [1.165, 1.54) is 18.4 Å². The summed E-state index contributed by atoms with van der Waals surface area (Å²) in [5.74, 6) is -0.494. The highest BCUT2D eigenvalue weighted by Gasteiger charge is 2.15. The molecule has 2 aromatic rings. The number of thiazole rings is 1. The first-order valence-electron chi connectivity index (χ1n) is 4.83. The van der Waals surface area contributed by atoms with Crippen molar-refractivity contribution in [1.29, 1.82) is 0 Å². The molecule has 5 nitrogen and oxygen atoms in total. The van der Waals surface area contributed by atoms with Crippen molar-refractivity contribution in [2.24, 2.45) is 0 Å². The SMILES string of the molecule is COc1ccc(-c2nc(C(=O)O)c(C)s2)cn1. The molecule has 0 saturated heterocycles. The molecule has 6 heteroatoms. The Hall–Kier alpha value is -1.95. The molecule has 2 aromatic heterocycles. The Bertz CT molecular complexity index is 548. The lowest BCUT2D eigenvalue weighted by molar-refractivity contribution is 0.0690. The Morgan fingerprint density at radius 1 is 1.47 bits per heavy atom. The number of hydrogen-bond acceptors (Lipinski definition) is 5. The van der Waals surface area contributed by atoms with Gasteiger partial charge < -0.3 is 9.84 Å². The molecule has 0 radical (unpaired) electrons. The zero-order valence-electron chi connectivity index (χ0n) is 9.30. The molecular formula is C11H10N2O3S. The number of hydrogen-bond donors (Lipinski definition) is 1. The summed E-state index contributed by atoms with van der Waals surface area (Å²) in [4.78, 5) is 19.7. The maximum absolute atomic E-state index is 10.9. The summed E-state index contributed by atoms with van der Waals surface area (Å²) in [6.45, 7) is 1.74. The number of carboxylic acids is 1. The zero-order chi connectivity index (χ0) is 12.4. The second-order valence-electron chi connectivity index (χ2n) is 3.32. The smallest absolute Gasteiger partial charge is 0.355 e. The van der Waals surface area contributed by atoms with Gasteiger partial charge in [0.15, 0.2) is 5.69 Å². The molecule has 2 heterocycles. The largest absolute Gasteiger partial charge is 0.481 e. The van der Waals surface area contributed by atoms with Crippen LogP contribution in [0.1, 0.15) is 15.4 Å². The van der Waals surface area contributed by atoms with Crippen molar-refractivity contribution in [3.63, 3.8) is 0 Å². The van der Waals surface area contributed by atoms with Crippen LogP contribution in [0.15, 0.2) is 18.3 Å². The highest BCUT2D eigenvalue weighted by atomic mass is 32.1. The van der Waals surface area contributed by atoms with Gasteiger partial charge in [0.2, 0.25) is 5.88 Å². The minimum atomic E-state index is -1.01. The average Bonchev–Trinajstić information content (AvgIpc) is 2.71. The number of aromatic carboxylic acids is 1. The second-order valence-corrected chi connectivity index (χ2v) is 4.52. The van der Waals surface area contributed by atoms with Crippen molar-refractivity contribution < 1.29 is 14.6 Å².